The minimum Gasteiger partial charge on any atom is -0.366 e. The van der Waals surface area contributed by atoms with Gasteiger partial charge in [0.15, 0.2) is 5.82 Å². The first-order valence-corrected chi connectivity index (χ1v) is 5.00. The van der Waals surface area contributed by atoms with E-state index in [2.05, 4.69) is 0 Å². The van der Waals surface area contributed by atoms with Crippen LogP contribution in [0.5, 0.6) is 0 Å². The number of amides is 1. The fourth-order valence-electron chi connectivity index (χ4n) is 0.921. The number of carbonyl (C=O) groups is 1. The van der Waals surface area contributed by atoms with Crippen molar-refractivity contribution in [3.63, 3.8) is 0 Å². The van der Waals surface area contributed by atoms with E-state index in [1.54, 1.807) is 0 Å². The number of benzene rings is 1. The van der Waals surface area contributed by atoms with E-state index in [0.717, 1.165) is 12.1 Å². The highest BCUT2D eigenvalue weighted by Crippen LogP contribution is 2.15. The predicted molar refractivity (Wildman–Crippen MR) is 46.3 cm³/mol. The quantitative estimate of drug-likeness (QED) is 0.703. The maximum Gasteiger partial charge on any atom is 0.251 e. The number of hydrogen-bond acceptors (Lipinski definition) is 3. The van der Waals surface area contributed by atoms with E-state index in [1.807, 2.05) is 0 Å². The predicted octanol–water partition coefficient (Wildman–Crippen LogP) is -0.428. The number of hydrogen-bond donors (Lipinski definition) is 2. The first-order valence-electron chi connectivity index (χ1n) is 3.45. The van der Waals surface area contributed by atoms with Crippen molar-refractivity contribution >= 4 is 15.9 Å². The molecule has 76 valence electrons. The molecule has 14 heavy (non-hydrogen) atoms. The fraction of sp³-hybridized carbons (Fsp3) is 0. The zero-order valence-corrected chi connectivity index (χ0v) is 7.71. The topological polar surface area (TPSA) is 103 Å². The molecule has 1 rings (SSSR count). The Morgan fingerprint density at radius 3 is 2.36 bits per heavy atom. The van der Waals surface area contributed by atoms with Gasteiger partial charge in [0, 0.05) is 0 Å². The van der Waals surface area contributed by atoms with E-state index >= 15 is 0 Å². The van der Waals surface area contributed by atoms with Gasteiger partial charge in [-0.05, 0) is 12.1 Å². The maximum absolute atomic E-state index is 13.3. The molecule has 0 aliphatic rings. The molecule has 0 bridgehead atoms. The molecule has 0 aromatic heterocycles. The third-order valence-electron chi connectivity index (χ3n) is 1.54. The molecule has 0 aliphatic heterocycles. The van der Waals surface area contributed by atoms with Crippen molar-refractivity contribution in [2.45, 2.75) is 4.90 Å². The van der Waals surface area contributed by atoms with Crippen LogP contribution in [0.2, 0.25) is 0 Å². The van der Waals surface area contributed by atoms with E-state index in [4.69, 9.17) is 10.9 Å². The largest absolute Gasteiger partial charge is 0.366 e. The number of primary sulfonamides is 1. The Kier molecular flexibility index (Phi) is 2.54. The molecule has 0 atom stereocenters. The lowest BCUT2D eigenvalue weighted by molar-refractivity contribution is 0.0996. The van der Waals surface area contributed by atoms with Gasteiger partial charge in [-0.1, -0.05) is 6.07 Å². The van der Waals surface area contributed by atoms with Crippen LogP contribution in [0.4, 0.5) is 4.39 Å². The molecule has 7 heteroatoms. The molecular formula is C7H7FN2O3S. The van der Waals surface area contributed by atoms with Crippen molar-refractivity contribution in [1.82, 2.24) is 0 Å². The summed E-state index contributed by atoms with van der Waals surface area (Å²) < 4.78 is 34.9. The summed E-state index contributed by atoms with van der Waals surface area (Å²) in [6.45, 7) is 0. The first-order chi connectivity index (χ1) is 6.34. The van der Waals surface area contributed by atoms with Crippen LogP contribution in [0.15, 0.2) is 23.1 Å². The van der Waals surface area contributed by atoms with Crippen LogP contribution in [0, 0.1) is 5.82 Å². The smallest absolute Gasteiger partial charge is 0.251 e. The second-order valence-electron chi connectivity index (χ2n) is 2.53. The van der Waals surface area contributed by atoms with Crippen LogP contribution in [0.3, 0.4) is 0 Å². The fourth-order valence-corrected chi connectivity index (χ4v) is 1.55. The molecule has 0 saturated carbocycles. The van der Waals surface area contributed by atoms with Crippen molar-refractivity contribution in [2.75, 3.05) is 0 Å². The van der Waals surface area contributed by atoms with Gasteiger partial charge in [-0.15, -0.1) is 0 Å². The number of rotatable bonds is 2. The Balaban J connectivity index is 3.51. The third kappa shape index (κ3) is 1.88. The zero-order valence-electron chi connectivity index (χ0n) is 6.90. The molecule has 0 saturated heterocycles. The second-order valence-corrected chi connectivity index (χ2v) is 4.06. The molecule has 0 radical (unpaired) electrons. The molecule has 5 nitrogen and oxygen atoms in total. The standard InChI is InChI=1S/C7H7FN2O3S/c8-6-4(7(9)11)2-1-3-5(6)14(10,12)13/h1-3H,(H2,9,11)(H2,10,12,13). The lowest BCUT2D eigenvalue weighted by atomic mass is 10.2. The Labute approximate surface area is 79.6 Å². The minimum absolute atomic E-state index is 0.503. The molecule has 0 aliphatic carbocycles. The number of carbonyl (C=O) groups excluding carboxylic acids is 1. The van der Waals surface area contributed by atoms with Crippen molar-refractivity contribution < 1.29 is 17.6 Å². The van der Waals surface area contributed by atoms with Gasteiger partial charge in [0.25, 0.3) is 5.91 Å². The SMILES string of the molecule is NC(=O)c1cccc(S(N)(=O)=O)c1F. The molecular weight excluding hydrogens is 211 g/mol. The van der Waals surface area contributed by atoms with E-state index in [9.17, 15) is 17.6 Å². The molecule has 0 heterocycles. The van der Waals surface area contributed by atoms with Crippen molar-refractivity contribution in [3.05, 3.63) is 29.6 Å². The van der Waals surface area contributed by atoms with E-state index in [0.29, 0.717) is 0 Å². The summed E-state index contributed by atoms with van der Waals surface area (Å²) in [6.07, 6.45) is 0. The van der Waals surface area contributed by atoms with Gasteiger partial charge in [0.1, 0.15) is 4.90 Å². The molecule has 1 amide bonds. The molecule has 4 N–H and O–H groups in total. The van der Waals surface area contributed by atoms with Crippen LogP contribution in [-0.4, -0.2) is 14.3 Å². The molecule has 1 aromatic carbocycles. The number of sulfonamides is 1. The van der Waals surface area contributed by atoms with E-state index in [1.165, 1.54) is 6.07 Å². The van der Waals surface area contributed by atoms with Crippen molar-refractivity contribution in [1.29, 1.82) is 0 Å². The van der Waals surface area contributed by atoms with Crippen LogP contribution in [-0.2, 0) is 10.0 Å². The highest BCUT2D eigenvalue weighted by molar-refractivity contribution is 7.89. The van der Waals surface area contributed by atoms with Crippen LogP contribution in [0.25, 0.3) is 0 Å². The van der Waals surface area contributed by atoms with Gasteiger partial charge < -0.3 is 5.73 Å². The molecule has 0 unspecified atom stereocenters. The summed E-state index contributed by atoms with van der Waals surface area (Å²) in [6, 6.07) is 3.21. The Morgan fingerprint density at radius 1 is 1.36 bits per heavy atom. The van der Waals surface area contributed by atoms with Crippen LogP contribution in [0.1, 0.15) is 10.4 Å². The Bertz CT molecular complexity index is 484. The van der Waals surface area contributed by atoms with Gasteiger partial charge in [-0.3, -0.25) is 4.79 Å². The van der Waals surface area contributed by atoms with Gasteiger partial charge in [0.05, 0.1) is 5.56 Å². The summed E-state index contributed by atoms with van der Waals surface area (Å²) in [4.78, 5) is 9.91. The monoisotopic (exact) mass is 218 g/mol. The summed E-state index contributed by atoms with van der Waals surface area (Å²) in [5.74, 6) is -2.27. The van der Waals surface area contributed by atoms with Gasteiger partial charge in [-0.25, -0.2) is 17.9 Å². The second kappa shape index (κ2) is 3.35. The highest BCUT2D eigenvalue weighted by atomic mass is 32.2. The van der Waals surface area contributed by atoms with Gasteiger partial charge >= 0.3 is 0 Å². The summed E-state index contributed by atoms with van der Waals surface area (Å²) in [5, 5.41) is 4.71. The van der Waals surface area contributed by atoms with Crippen molar-refractivity contribution in [2.24, 2.45) is 10.9 Å². The first kappa shape index (κ1) is 10.6. The van der Waals surface area contributed by atoms with E-state index < -0.39 is 32.2 Å². The third-order valence-corrected chi connectivity index (χ3v) is 2.46. The highest BCUT2D eigenvalue weighted by Gasteiger charge is 2.19. The van der Waals surface area contributed by atoms with Gasteiger partial charge in [0.2, 0.25) is 10.0 Å². The van der Waals surface area contributed by atoms with E-state index in [-0.39, 0.29) is 0 Å². The number of halogens is 1. The minimum atomic E-state index is -4.17. The van der Waals surface area contributed by atoms with Crippen LogP contribution >= 0.6 is 0 Å². The number of nitrogens with two attached hydrogens (primary N) is 2. The maximum atomic E-state index is 13.3. The van der Waals surface area contributed by atoms with Crippen LogP contribution < -0.4 is 10.9 Å². The lowest BCUT2D eigenvalue weighted by Crippen LogP contribution is -2.18. The zero-order chi connectivity index (χ0) is 10.9. The lowest BCUT2D eigenvalue weighted by Gasteiger charge is -2.02. The molecule has 0 fully saturated rings. The average molecular weight is 218 g/mol. The summed E-state index contributed by atoms with van der Waals surface area (Å²) in [5.41, 5.74) is 4.31. The van der Waals surface area contributed by atoms with Gasteiger partial charge in [-0.2, -0.15) is 0 Å². The summed E-state index contributed by atoms with van der Waals surface area (Å²) in [7, 11) is -4.17. The number of primary amides is 1. The average Bonchev–Trinajstić information content (AvgIpc) is 2.01. The van der Waals surface area contributed by atoms with Crippen molar-refractivity contribution in [3.8, 4) is 0 Å². The Morgan fingerprint density at radius 2 is 1.93 bits per heavy atom. The Hall–Kier alpha value is -1.47. The molecule has 0 spiro atoms. The molecule has 1 aromatic rings. The normalized spacial score (nSPS) is 11.3. The summed E-state index contributed by atoms with van der Waals surface area (Å²) >= 11 is 0.